The highest BCUT2D eigenvalue weighted by Crippen LogP contribution is 2.18. The van der Waals surface area contributed by atoms with Crippen molar-refractivity contribution in [3.8, 4) is 0 Å². The van der Waals surface area contributed by atoms with Crippen molar-refractivity contribution < 1.29 is 9.18 Å². The van der Waals surface area contributed by atoms with Crippen molar-refractivity contribution in [1.29, 1.82) is 0 Å². The third-order valence-corrected chi connectivity index (χ3v) is 4.30. The van der Waals surface area contributed by atoms with Crippen molar-refractivity contribution in [1.82, 2.24) is 14.9 Å². The van der Waals surface area contributed by atoms with Gasteiger partial charge >= 0.3 is 0 Å². The van der Waals surface area contributed by atoms with Gasteiger partial charge in [0.1, 0.15) is 12.4 Å². The van der Waals surface area contributed by atoms with Gasteiger partial charge in [-0.15, -0.1) is 0 Å². The molecule has 2 aromatic carbocycles. The zero-order chi connectivity index (χ0) is 17.3. The SMILES string of the molecule is Cc1cc2ncn(CC(=O)N[C@H](C)c3ccc(F)cc3)c2cc1C. The zero-order valence-corrected chi connectivity index (χ0v) is 14.0. The van der Waals surface area contributed by atoms with E-state index in [-0.39, 0.29) is 24.3 Å². The second-order valence-corrected chi connectivity index (χ2v) is 6.14. The maximum absolute atomic E-state index is 13.0. The number of nitrogens with one attached hydrogen (secondary N) is 1. The van der Waals surface area contributed by atoms with E-state index >= 15 is 0 Å². The number of hydrogen-bond donors (Lipinski definition) is 1. The summed E-state index contributed by atoms with van der Waals surface area (Å²) in [5, 5.41) is 2.93. The molecular formula is C19H20FN3O. The first-order valence-electron chi connectivity index (χ1n) is 7.91. The van der Waals surface area contributed by atoms with Crippen LogP contribution in [0.1, 0.15) is 29.7 Å². The number of aromatic nitrogens is 2. The molecule has 3 rings (SSSR count). The minimum atomic E-state index is -0.284. The van der Waals surface area contributed by atoms with Gasteiger partial charge in [0, 0.05) is 0 Å². The second kappa shape index (κ2) is 6.43. The molecule has 1 aromatic heterocycles. The van der Waals surface area contributed by atoms with Gasteiger partial charge in [-0.3, -0.25) is 4.79 Å². The average molecular weight is 325 g/mol. The molecule has 0 radical (unpaired) electrons. The Morgan fingerprint density at radius 3 is 2.58 bits per heavy atom. The number of halogens is 1. The predicted octanol–water partition coefficient (Wildman–Crippen LogP) is 3.67. The molecule has 24 heavy (non-hydrogen) atoms. The lowest BCUT2D eigenvalue weighted by atomic mass is 10.1. The minimum absolute atomic E-state index is 0.107. The van der Waals surface area contributed by atoms with Gasteiger partial charge in [0.2, 0.25) is 5.91 Å². The summed E-state index contributed by atoms with van der Waals surface area (Å²) >= 11 is 0. The van der Waals surface area contributed by atoms with Crippen molar-refractivity contribution in [3.63, 3.8) is 0 Å². The summed E-state index contributed by atoms with van der Waals surface area (Å²) in [7, 11) is 0. The van der Waals surface area contributed by atoms with Gasteiger partial charge in [-0.2, -0.15) is 0 Å². The van der Waals surface area contributed by atoms with Crippen molar-refractivity contribution in [2.75, 3.05) is 0 Å². The lowest BCUT2D eigenvalue weighted by Gasteiger charge is -2.15. The van der Waals surface area contributed by atoms with Crippen LogP contribution >= 0.6 is 0 Å². The first kappa shape index (κ1) is 16.2. The highest BCUT2D eigenvalue weighted by Gasteiger charge is 2.12. The zero-order valence-electron chi connectivity index (χ0n) is 14.0. The number of benzene rings is 2. The Hall–Kier alpha value is -2.69. The van der Waals surface area contributed by atoms with E-state index in [1.165, 1.54) is 23.3 Å². The maximum Gasteiger partial charge on any atom is 0.240 e. The first-order chi connectivity index (χ1) is 11.4. The average Bonchev–Trinajstić information content (AvgIpc) is 2.90. The fourth-order valence-electron chi connectivity index (χ4n) is 2.72. The number of nitrogens with zero attached hydrogens (tertiary/aromatic N) is 2. The number of aryl methyl sites for hydroxylation is 2. The van der Waals surface area contributed by atoms with Gasteiger partial charge in [0.05, 0.1) is 23.4 Å². The van der Waals surface area contributed by atoms with Crippen LogP contribution in [-0.2, 0) is 11.3 Å². The van der Waals surface area contributed by atoms with Crippen molar-refractivity contribution >= 4 is 16.9 Å². The molecular weight excluding hydrogens is 305 g/mol. The summed E-state index contributed by atoms with van der Waals surface area (Å²) in [5.74, 6) is -0.392. The molecule has 0 bridgehead atoms. The van der Waals surface area contributed by atoms with E-state index in [1.807, 2.05) is 37.5 Å². The van der Waals surface area contributed by atoms with Gasteiger partial charge in [-0.05, 0) is 61.7 Å². The molecule has 5 heteroatoms. The Balaban J connectivity index is 1.73. The van der Waals surface area contributed by atoms with E-state index < -0.39 is 0 Å². The number of carbonyl (C=O) groups is 1. The third-order valence-electron chi connectivity index (χ3n) is 4.30. The normalized spacial score (nSPS) is 12.3. The number of imidazole rings is 1. The number of amides is 1. The number of carbonyl (C=O) groups excluding carboxylic acids is 1. The summed E-state index contributed by atoms with van der Waals surface area (Å²) < 4.78 is 14.8. The molecule has 0 spiro atoms. The first-order valence-corrected chi connectivity index (χ1v) is 7.91. The quantitative estimate of drug-likeness (QED) is 0.795. The Bertz CT molecular complexity index is 884. The van der Waals surface area contributed by atoms with Crippen LogP contribution in [0, 0.1) is 19.7 Å². The lowest BCUT2D eigenvalue weighted by molar-refractivity contribution is -0.122. The molecule has 1 N–H and O–H groups in total. The maximum atomic E-state index is 13.0. The fraction of sp³-hybridized carbons (Fsp3) is 0.263. The Kier molecular flexibility index (Phi) is 4.34. The van der Waals surface area contributed by atoms with Crippen molar-refractivity contribution in [3.05, 3.63) is 65.2 Å². The molecule has 0 aliphatic carbocycles. The Morgan fingerprint density at radius 2 is 1.88 bits per heavy atom. The third kappa shape index (κ3) is 3.30. The molecule has 0 aliphatic heterocycles. The van der Waals surface area contributed by atoms with Gasteiger partial charge in [-0.25, -0.2) is 9.37 Å². The van der Waals surface area contributed by atoms with Crippen LogP contribution in [0.3, 0.4) is 0 Å². The summed E-state index contributed by atoms with van der Waals surface area (Å²) in [6.45, 7) is 6.17. The van der Waals surface area contributed by atoms with Crippen LogP contribution in [0.15, 0.2) is 42.7 Å². The van der Waals surface area contributed by atoms with E-state index in [4.69, 9.17) is 0 Å². The summed E-state index contributed by atoms with van der Waals surface area (Å²) in [6.07, 6.45) is 1.69. The number of hydrogen-bond acceptors (Lipinski definition) is 2. The number of fused-ring (bicyclic) bond motifs is 1. The topological polar surface area (TPSA) is 46.9 Å². The lowest BCUT2D eigenvalue weighted by Crippen LogP contribution is -2.29. The van der Waals surface area contributed by atoms with Crippen molar-refractivity contribution in [2.45, 2.75) is 33.4 Å². The highest BCUT2D eigenvalue weighted by molar-refractivity contribution is 5.81. The molecule has 124 valence electrons. The van der Waals surface area contributed by atoms with E-state index in [0.29, 0.717) is 0 Å². The van der Waals surface area contributed by atoms with Crippen LogP contribution in [0.25, 0.3) is 11.0 Å². The number of rotatable bonds is 4. The molecule has 0 aliphatic rings. The molecule has 0 fully saturated rings. The molecule has 1 heterocycles. The highest BCUT2D eigenvalue weighted by atomic mass is 19.1. The van der Waals surface area contributed by atoms with Gasteiger partial charge < -0.3 is 9.88 Å². The van der Waals surface area contributed by atoms with Crippen LogP contribution in [0.5, 0.6) is 0 Å². The Labute approximate surface area is 140 Å². The summed E-state index contributed by atoms with van der Waals surface area (Å²) in [6, 6.07) is 10.0. The standard InChI is InChI=1S/C19H20FN3O/c1-12-8-17-18(9-13(12)2)23(11-21-17)10-19(24)22-14(3)15-4-6-16(20)7-5-15/h4-9,11,14H,10H2,1-3H3,(H,22,24)/t14-/m1/s1. The Morgan fingerprint density at radius 1 is 1.21 bits per heavy atom. The largest absolute Gasteiger partial charge is 0.348 e. The molecule has 1 atom stereocenters. The van der Waals surface area contributed by atoms with E-state index in [2.05, 4.69) is 10.3 Å². The predicted molar refractivity (Wildman–Crippen MR) is 92.2 cm³/mol. The molecule has 4 nitrogen and oxygen atoms in total. The molecule has 0 saturated heterocycles. The minimum Gasteiger partial charge on any atom is -0.348 e. The molecule has 0 saturated carbocycles. The van der Waals surface area contributed by atoms with Crippen LogP contribution < -0.4 is 5.32 Å². The fourth-order valence-corrected chi connectivity index (χ4v) is 2.72. The van der Waals surface area contributed by atoms with Gasteiger partial charge in [0.15, 0.2) is 0 Å². The second-order valence-electron chi connectivity index (χ2n) is 6.14. The summed E-state index contributed by atoms with van der Waals surface area (Å²) in [5.41, 5.74) is 5.05. The molecule has 3 aromatic rings. The smallest absolute Gasteiger partial charge is 0.240 e. The summed E-state index contributed by atoms with van der Waals surface area (Å²) in [4.78, 5) is 16.7. The molecule has 0 unspecified atom stereocenters. The van der Waals surface area contributed by atoms with Crippen molar-refractivity contribution in [2.24, 2.45) is 0 Å². The van der Waals surface area contributed by atoms with E-state index in [0.717, 1.165) is 16.6 Å². The van der Waals surface area contributed by atoms with E-state index in [9.17, 15) is 9.18 Å². The molecule has 1 amide bonds. The van der Waals surface area contributed by atoms with Crippen LogP contribution in [0.4, 0.5) is 4.39 Å². The van der Waals surface area contributed by atoms with E-state index in [1.54, 1.807) is 18.5 Å². The monoisotopic (exact) mass is 325 g/mol. The van der Waals surface area contributed by atoms with Crippen LogP contribution in [-0.4, -0.2) is 15.5 Å². The van der Waals surface area contributed by atoms with Gasteiger partial charge in [0.25, 0.3) is 0 Å². The van der Waals surface area contributed by atoms with Gasteiger partial charge in [-0.1, -0.05) is 12.1 Å². The van der Waals surface area contributed by atoms with Crippen LogP contribution in [0.2, 0.25) is 0 Å².